The van der Waals surface area contributed by atoms with Gasteiger partial charge in [-0.05, 0) is 61.9 Å². The highest BCUT2D eigenvalue weighted by Crippen LogP contribution is 2.73. The fourth-order valence-electron chi connectivity index (χ4n) is 11.1. The van der Waals surface area contributed by atoms with Gasteiger partial charge in [-0.2, -0.15) is 0 Å². The predicted octanol–water partition coefficient (Wildman–Crippen LogP) is 5.23. The van der Waals surface area contributed by atoms with Crippen LogP contribution in [0.3, 0.4) is 0 Å². The third-order valence-electron chi connectivity index (χ3n) is 12.7. The monoisotopic (exact) mass is 684 g/mol. The van der Waals surface area contributed by atoms with Crippen LogP contribution in [-0.4, -0.2) is 65.6 Å². The van der Waals surface area contributed by atoms with E-state index in [0.29, 0.717) is 19.3 Å². The van der Waals surface area contributed by atoms with Gasteiger partial charge in [0.2, 0.25) is 6.29 Å². The molecule has 2 saturated carbocycles. The van der Waals surface area contributed by atoms with Gasteiger partial charge < -0.3 is 23.7 Å². The minimum atomic E-state index is -1.31. The van der Waals surface area contributed by atoms with Gasteiger partial charge in [-0.25, -0.2) is 0 Å². The van der Waals surface area contributed by atoms with Crippen molar-refractivity contribution in [3.63, 3.8) is 0 Å². The summed E-state index contributed by atoms with van der Waals surface area (Å²) in [6.45, 7) is 18.6. The van der Waals surface area contributed by atoms with Gasteiger partial charge in [-0.15, -0.1) is 0 Å². The van der Waals surface area contributed by atoms with Crippen molar-refractivity contribution in [2.75, 3.05) is 0 Å². The van der Waals surface area contributed by atoms with Gasteiger partial charge >= 0.3 is 23.9 Å². The first-order valence-electron chi connectivity index (χ1n) is 17.3. The fourth-order valence-corrected chi connectivity index (χ4v) is 11.1. The van der Waals surface area contributed by atoms with Crippen molar-refractivity contribution < 1.29 is 52.5 Å². The van der Waals surface area contributed by atoms with Crippen LogP contribution in [0.5, 0.6) is 0 Å². The molecule has 0 bridgehead atoms. The van der Waals surface area contributed by atoms with Crippen LogP contribution in [0, 0.1) is 45.3 Å². The number of ether oxygens (including phenoxy) is 5. The summed E-state index contributed by atoms with van der Waals surface area (Å²) in [6, 6.07) is 0. The van der Waals surface area contributed by atoms with Gasteiger partial charge in [-0.1, -0.05) is 52.3 Å². The lowest BCUT2D eigenvalue weighted by atomic mass is 9.37. The molecule has 0 N–H and O–H groups in total. The number of fused-ring (bicyclic) bond motifs is 5. The number of esters is 4. The molecule has 5 aliphatic rings. The summed E-state index contributed by atoms with van der Waals surface area (Å²) < 4.78 is 29.9. The van der Waals surface area contributed by atoms with Crippen molar-refractivity contribution in [1.29, 1.82) is 0 Å². The van der Waals surface area contributed by atoms with Crippen LogP contribution in [-0.2, 0) is 52.5 Å². The molecule has 0 aromatic rings. The van der Waals surface area contributed by atoms with E-state index in [-0.39, 0.29) is 35.7 Å². The Morgan fingerprint density at radius 3 is 2.06 bits per heavy atom. The summed E-state index contributed by atoms with van der Waals surface area (Å²) in [6.07, 6.45) is 3.53. The molecular formula is C38H52O11. The number of hydrogen-bond donors (Lipinski definition) is 0. The molecule has 49 heavy (non-hydrogen) atoms. The molecule has 0 radical (unpaired) electrons. The first-order chi connectivity index (χ1) is 22.5. The van der Waals surface area contributed by atoms with Crippen molar-refractivity contribution in [2.45, 2.75) is 132 Å². The van der Waals surface area contributed by atoms with E-state index >= 15 is 0 Å². The van der Waals surface area contributed by atoms with Gasteiger partial charge in [0.15, 0.2) is 17.7 Å². The number of carbonyl (C=O) groups excluding carboxylic acids is 6. The standard InChI is InChI=1S/C38H52O11/c1-19(39)45-26-18-37(10)24(23-16-25(43)32(35(7,8)49-22(4)42)48-33(23)47-21(3)41)12-13-27(37)38(11)30(46-20(2)40)17-28-34(5,6)29(44)14-15-36(28,9)31(26)38/h13-15,23-24,26,28,30-33H,12,16-18H2,1-11H3/t23-,24+,26-,28+,30-,31-,32+,33+,36+,37+,38-/m1/s1. The highest BCUT2D eigenvalue weighted by atomic mass is 16.7. The number of Topliss-reactive ketones (excluding diaryl/α,β-unsaturated/α-hetero) is 1. The number of ketones is 2. The molecule has 11 atom stereocenters. The molecule has 0 unspecified atom stereocenters. The lowest BCUT2D eigenvalue weighted by molar-refractivity contribution is -0.254. The van der Waals surface area contributed by atoms with Gasteiger partial charge in [0.1, 0.15) is 17.8 Å². The Balaban J connectivity index is 1.62. The third kappa shape index (κ3) is 5.87. The van der Waals surface area contributed by atoms with Crippen molar-refractivity contribution in [2.24, 2.45) is 45.3 Å². The summed E-state index contributed by atoms with van der Waals surface area (Å²) in [5.41, 5.74) is -3.19. The van der Waals surface area contributed by atoms with Crippen LogP contribution < -0.4 is 0 Å². The second-order valence-electron chi connectivity index (χ2n) is 16.7. The minimum absolute atomic E-state index is 0.000732. The Kier molecular flexibility index (Phi) is 9.17. The zero-order valence-electron chi connectivity index (χ0n) is 30.7. The molecule has 270 valence electrons. The average molecular weight is 685 g/mol. The molecule has 1 aliphatic heterocycles. The van der Waals surface area contributed by atoms with Crippen molar-refractivity contribution in [3.8, 4) is 0 Å². The third-order valence-corrected chi connectivity index (χ3v) is 12.7. The second-order valence-corrected chi connectivity index (χ2v) is 16.7. The largest absolute Gasteiger partial charge is 0.462 e. The van der Waals surface area contributed by atoms with E-state index in [9.17, 15) is 28.8 Å². The van der Waals surface area contributed by atoms with Crippen LogP contribution in [0.25, 0.3) is 0 Å². The molecule has 11 heteroatoms. The fraction of sp³-hybridized carbons (Fsp3) is 0.737. The van der Waals surface area contributed by atoms with E-state index in [0.717, 1.165) is 5.57 Å². The van der Waals surface area contributed by atoms with Crippen molar-refractivity contribution in [3.05, 3.63) is 23.8 Å². The quantitative estimate of drug-likeness (QED) is 0.206. The topological polar surface area (TPSA) is 149 Å². The Hall–Kier alpha value is -3.34. The molecule has 1 heterocycles. The zero-order chi connectivity index (χ0) is 36.6. The Morgan fingerprint density at radius 1 is 0.878 bits per heavy atom. The summed E-state index contributed by atoms with van der Waals surface area (Å²) >= 11 is 0. The highest BCUT2D eigenvalue weighted by Gasteiger charge is 2.72. The zero-order valence-corrected chi connectivity index (χ0v) is 30.7. The number of hydrogen-bond acceptors (Lipinski definition) is 11. The first kappa shape index (κ1) is 36.9. The Bertz CT molecular complexity index is 1520. The molecule has 5 rings (SSSR count). The summed E-state index contributed by atoms with van der Waals surface area (Å²) in [4.78, 5) is 77.0. The molecule has 0 amide bonds. The van der Waals surface area contributed by atoms with E-state index < -0.39 is 81.7 Å². The Labute approximate surface area is 288 Å². The molecule has 4 aliphatic carbocycles. The van der Waals surface area contributed by atoms with Crippen LogP contribution in [0.2, 0.25) is 0 Å². The lowest BCUT2D eigenvalue weighted by Gasteiger charge is -2.68. The highest BCUT2D eigenvalue weighted by molar-refractivity contribution is 5.96. The van der Waals surface area contributed by atoms with E-state index in [4.69, 9.17) is 23.7 Å². The normalized spacial score (nSPS) is 41.0. The van der Waals surface area contributed by atoms with E-state index in [1.165, 1.54) is 27.7 Å². The van der Waals surface area contributed by atoms with Crippen LogP contribution in [0.4, 0.5) is 0 Å². The van der Waals surface area contributed by atoms with E-state index in [1.54, 1.807) is 19.9 Å². The smallest absolute Gasteiger partial charge is 0.304 e. The maximum absolute atomic E-state index is 13.8. The molecule has 1 saturated heterocycles. The van der Waals surface area contributed by atoms with E-state index in [1.807, 2.05) is 19.9 Å². The molecule has 11 nitrogen and oxygen atoms in total. The van der Waals surface area contributed by atoms with E-state index in [2.05, 4.69) is 26.8 Å². The summed E-state index contributed by atoms with van der Waals surface area (Å²) in [5.74, 6) is -3.79. The maximum atomic E-state index is 13.8. The number of carbonyl (C=O) groups is 6. The first-order valence-corrected chi connectivity index (χ1v) is 17.3. The number of allylic oxidation sites excluding steroid dienone is 3. The van der Waals surface area contributed by atoms with Crippen LogP contribution >= 0.6 is 0 Å². The summed E-state index contributed by atoms with van der Waals surface area (Å²) in [7, 11) is 0. The SMILES string of the molecule is CC(=O)O[C@H]1O[C@H](C(C)(C)OC(C)=O)C(=O)C[C@@H]1[C@@H]1CC=C2[C@@]3(C)[C@H]([C@H](OC(C)=O)C[C@]21C)[C@@]1(C)C=CC(=O)C(C)(C)[C@@H]1C[C@H]3OC(C)=O. The average Bonchev–Trinajstić information content (AvgIpc) is 3.28. The maximum Gasteiger partial charge on any atom is 0.304 e. The predicted molar refractivity (Wildman–Crippen MR) is 175 cm³/mol. The van der Waals surface area contributed by atoms with Crippen molar-refractivity contribution in [1.82, 2.24) is 0 Å². The summed E-state index contributed by atoms with van der Waals surface area (Å²) in [5, 5.41) is 0. The van der Waals surface area contributed by atoms with Crippen molar-refractivity contribution >= 4 is 35.4 Å². The molecule has 0 aromatic carbocycles. The molecular weight excluding hydrogens is 632 g/mol. The van der Waals surface area contributed by atoms with Gasteiger partial charge in [0.25, 0.3) is 0 Å². The van der Waals surface area contributed by atoms with Gasteiger partial charge in [0.05, 0.1) is 0 Å². The van der Waals surface area contributed by atoms with Gasteiger partial charge in [0, 0.05) is 56.8 Å². The molecule has 3 fully saturated rings. The minimum Gasteiger partial charge on any atom is -0.462 e. The van der Waals surface area contributed by atoms with Crippen LogP contribution in [0.15, 0.2) is 23.8 Å². The molecule has 0 aromatic heterocycles. The van der Waals surface area contributed by atoms with Gasteiger partial charge in [-0.3, -0.25) is 28.8 Å². The molecule has 0 spiro atoms. The number of rotatable bonds is 6. The Morgan fingerprint density at radius 2 is 1.49 bits per heavy atom. The lowest BCUT2D eigenvalue weighted by Crippen LogP contribution is -2.68. The second kappa shape index (κ2) is 12.2. The van der Waals surface area contributed by atoms with Crippen LogP contribution in [0.1, 0.15) is 102 Å².